The lowest BCUT2D eigenvalue weighted by molar-refractivity contribution is -0.385. The molecule has 0 aromatic carbocycles. The van der Waals surface area contributed by atoms with Gasteiger partial charge in [-0.15, -0.1) is 0 Å². The molecule has 106 valence electrons. The fraction of sp³-hybridized carbons (Fsp3) is 0.600. The number of anilines is 2. The first-order valence-corrected chi connectivity index (χ1v) is 5.76. The third-order valence-electron chi connectivity index (χ3n) is 2.82. The number of nitrogens with one attached hydrogen (secondary N) is 2. The van der Waals surface area contributed by atoms with Gasteiger partial charge in [-0.25, -0.2) is 10.8 Å². The highest BCUT2D eigenvalue weighted by Gasteiger charge is 2.22. The first-order chi connectivity index (χ1) is 8.86. The number of hydrogen-bond acceptors (Lipinski definition) is 8. The maximum atomic E-state index is 11.0. The van der Waals surface area contributed by atoms with Gasteiger partial charge in [-0.2, -0.15) is 4.98 Å². The van der Waals surface area contributed by atoms with Gasteiger partial charge in [0.25, 0.3) is 0 Å². The second-order valence-electron chi connectivity index (χ2n) is 4.42. The van der Waals surface area contributed by atoms with Crippen LogP contribution in [0.5, 0.6) is 0 Å². The lowest BCUT2D eigenvalue weighted by atomic mass is 10.3. The van der Waals surface area contributed by atoms with Crippen LogP contribution < -0.4 is 16.6 Å². The number of aryl methyl sites for hydroxylation is 1. The molecule has 9 heteroatoms. The number of nitro groups is 1. The van der Waals surface area contributed by atoms with Crippen LogP contribution in [-0.4, -0.2) is 46.5 Å². The number of nitrogens with two attached hydrogens (primary N) is 1. The molecule has 1 unspecified atom stereocenters. The fourth-order valence-corrected chi connectivity index (χ4v) is 1.40. The monoisotopic (exact) mass is 269 g/mol. The highest BCUT2D eigenvalue weighted by atomic mass is 16.6. The summed E-state index contributed by atoms with van der Waals surface area (Å²) >= 11 is 0. The van der Waals surface area contributed by atoms with E-state index < -0.39 is 4.92 Å². The number of hydrogen-bond donors (Lipinski definition) is 3. The highest BCUT2D eigenvalue weighted by molar-refractivity contribution is 5.60. The first-order valence-electron chi connectivity index (χ1n) is 5.76. The van der Waals surface area contributed by atoms with Gasteiger partial charge in [0, 0.05) is 12.6 Å². The normalized spacial score (nSPS) is 12.3. The SMILES string of the molecule is Cc1nc(NN)nc(NCC(C)N(C)C)c1[N+](=O)[O-]. The van der Waals surface area contributed by atoms with Crippen molar-refractivity contribution in [2.75, 3.05) is 31.4 Å². The number of likely N-dealkylation sites (N-methyl/N-ethyl adjacent to an activating group) is 1. The number of rotatable bonds is 6. The zero-order valence-electron chi connectivity index (χ0n) is 11.5. The van der Waals surface area contributed by atoms with E-state index in [1.807, 2.05) is 25.9 Å². The molecule has 4 N–H and O–H groups in total. The summed E-state index contributed by atoms with van der Waals surface area (Å²) < 4.78 is 0. The van der Waals surface area contributed by atoms with E-state index in [0.29, 0.717) is 6.54 Å². The summed E-state index contributed by atoms with van der Waals surface area (Å²) in [6, 6.07) is 0.198. The van der Waals surface area contributed by atoms with Crippen molar-refractivity contribution in [3.63, 3.8) is 0 Å². The Labute approximate surface area is 111 Å². The van der Waals surface area contributed by atoms with Crippen LogP contribution in [0.25, 0.3) is 0 Å². The summed E-state index contributed by atoms with van der Waals surface area (Å²) in [6.07, 6.45) is 0. The van der Waals surface area contributed by atoms with Gasteiger partial charge < -0.3 is 10.2 Å². The molecule has 1 rings (SSSR count). The molecule has 1 heterocycles. The number of aromatic nitrogens is 2. The van der Waals surface area contributed by atoms with Gasteiger partial charge in [-0.1, -0.05) is 0 Å². The third-order valence-corrected chi connectivity index (χ3v) is 2.82. The predicted octanol–water partition coefficient (Wildman–Crippen LogP) is 0.341. The Hall–Kier alpha value is -2.00. The van der Waals surface area contributed by atoms with Crippen LogP contribution >= 0.6 is 0 Å². The highest BCUT2D eigenvalue weighted by Crippen LogP contribution is 2.26. The summed E-state index contributed by atoms with van der Waals surface area (Å²) in [6.45, 7) is 4.06. The molecule has 1 atom stereocenters. The van der Waals surface area contributed by atoms with Gasteiger partial charge in [-0.05, 0) is 27.9 Å². The number of nitrogens with zero attached hydrogens (tertiary/aromatic N) is 4. The molecular formula is C10H19N7O2. The quantitative estimate of drug-likeness (QED) is 0.384. The van der Waals surface area contributed by atoms with Crippen molar-refractivity contribution in [3.8, 4) is 0 Å². The summed E-state index contributed by atoms with van der Waals surface area (Å²) in [5, 5.41) is 14.0. The van der Waals surface area contributed by atoms with Crippen molar-refractivity contribution in [2.45, 2.75) is 19.9 Å². The van der Waals surface area contributed by atoms with Crippen LogP contribution in [0.1, 0.15) is 12.6 Å². The third kappa shape index (κ3) is 3.73. The fourth-order valence-electron chi connectivity index (χ4n) is 1.40. The van der Waals surface area contributed by atoms with Crippen LogP contribution in [0.2, 0.25) is 0 Å². The standard InChI is InChI=1S/C10H19N7O2/c1-6(16(3)4)5-12-9-8(17(18)19)7(2)13-10(14-9)15-11/h6H,5,11H2,1-4H3,(H2,12,13,14,15). The van der Waals surface area contributed by atoms with Crippen molar-refractivity contribution >= 4 is 17.5 Å². The first kappa shape index (κ1) is 15.1. The van der Waals surface area contributed by atoms with Crippen molar-refractivity contribution in [3.05, 3.63) is 15.8 Å². The van der Waals surface area contributed by atoms with Gasteiger partial charge in [0.2, 0.25) is 11.8 Å². The van der Waals surface area contributed by atoms with E-state index in [4.69, 9.17) is 5.84 Å². The Morgan fingerprint density at radius 3 is 2.58 bits per heavy atom. The van der Waals surface area contributed by atoms with Gasteiger partial charge in [0.1, 0.15) is 5.69 Å². The molecule has 0 radical (unpaired) electrons. The van der Waals surface area contributed by atoms with Crippen LogP contribution in [0.4, 0.5) is 17.5 Å². The average Bonchev–Trinajstić information content (AvgIpc) is 2.34. The molecular weight excluding hydrogens is 250 g/mol. The second kappa shape index (κ2) is 6.25. The molecule has 0 amide bonds. The summed E-state index contributed by atoms with van der Waals surface area (Å²) in [7, 11) is 3.86. The van der Waals surface area contributed by atoms with E-state index in [1.54, 1.807) is 6.92 Å². The van der Waals surface area contributed by atoms with Crippen molar-refractivity contribution in [1.82, 2.24) is 14.9 Å². The Morgan fingerprint density at radius 1 is 1.47 bits per heavy atom. The smallest absolute Gasteiger partial charge is 0.332 e. The molecule has 0 spiro atoms. The Bertz CT molecular complexity index is 463. The lowest BCUT2D eigenvalue weighted by Gasteiger charge is -2.20. The molecule has 1 aromatic heterocycles. The largest absolute Gasteiger partial charge is 0.363 e. The molecule has 0 saturated carbocycles. The van der Waals surface area contributed by atoms with Crippen molar-refractivity contribution in [2.24, 2.45) is 5.84 Å². The van der Waals surface area contributed by atoms with E-state index in [9.17, 15) is 10.1 Å². The maximum Gasteiger partial charge on any atom is 0.332 e. The van der Waals surface area contributed by atoms with E-state index in [-0.39, 0.29) is 29.2 Å². The Kier molecular flexibility index (Phi) is 4.95. The zero-order valence-corrected chi connectivity index (χ0v) is 11.5. The minimum atomic E-state index is -0.502. The van der Waals surface area contributed by atoms with Crippen molar-refractivity contribution in [1.29, 1.82) is 0 Å². The Morgan fingerprint density at radius 2 is 2.11 bits per heavy atom. The van der Waals surface area contributed by atoms with Crippen LogP contribution in [0, 0.1) is 17.0 Å². The molecule has 0 fully saturated rings. The van der Waals surface area contributed by atoms with Gasteiger partial charge in [0.05, 0.1) is 4.92 Å². The maximum absolute atomic E-state index is 11.0. The summed E-state index contributed by atoms with van der Waals surface area (Å²) in [5.74, 6) is 5.54. The average molecular weight is 269 g/mol. The van der Waals surface area contributed by atoms with E-state index in [1.165, 1.54) is 0 Å². The van der Waals surface area contributed by atoms with Gasteiger partial charge in [-0.3, -0.25) is 15.5 Å². The predicted molar refractivity (Wildman–Crippen MR) is 72.9 cm³/mol. The molecule has 0 aliphatic heterocycles. The molecule has 0 saturated heterocycles. The number of hydrazine groups is 1. The molecule has 9 nitrogen and oxygen atoms in total. The molecule has 1 aromatic rings. The molecule has 0 aliphatic carbocycles. The number of nitrogen functional groups attached to an aromatic ring is 1. The molecule has 0 aliphatic rings. The van der Waals surface area contributed by atoms with E-state index in [0.717, 1.165) is 0 Å². The molecule has 0 bridgehead atoms. The minimum Gasteiger partial charge on any atom is -0.363 e. The second-order valence-corrected chi connectivity index (χ2v) is 4.42. The topological polar surface area (TPSA) is 122 Å². The van der Waals surface area contributed by atoms with Gasteiger partial charge >= 0.3 is 5.69 Å². The van der Waals surface area contributed by atoms with Gasteiger partial charge in [0.15, 0.2) is 0 Å². The van der Waals surface area contributed by atoms with Crippen LogP contribution in [-0.2, 0) is 0 Å². The Balaban J connectivity index is 3.03. The summed E-state index contributed by atoms with van der Waals surface area (Å²) in [4.78, 5) is 20.4. The van der Waals surface area contributed by atoms with E-state index >= 15 is 0 Å². The van der Waals surface area contributed by atoms with Crippen LogP contribution in [0.3, 0.4) is 0 Å². The zero-order chi connectivity index (χ0) is 14.6. The molecule has 19 heavy (non-hydrogen) atoms. The van der Waals surface area contributed by atoms with Crippen LogP contribution in [0.15, 0.2) is 0 Å². The van der Waals surface area contributed by atoms with E-state index in [2.05, 4.69) is 20.7 Å². The minimum absolute atomic E-state index is 0.134. The summed E-state index contributed by atoms with van der Waals surface area (Å²) in [5.41, 5.74) is 2.41. The lowest BCUT2D eigenvalue weighted by Crippen LogP contribution is -2.32. The van der Waals surface area contributed by atoms with Crippen molar-refractivity contribution < 1.29 is 4.92 Å².